The summed E-state index contributed by atoms with van der Waals surface area (Å²) < 4.78 is 26.0. The number of ether oxygens (including phenoxy) is 2. The standard InChI is InChI=1S/C22H14BrFO3/c23-16-7-5-14(6-8-16)11-21-22(25)18-10-9-17(12-20(18)27-21)26-13-15-3-1-2-4-19(15)24/h1-12H,13H2/b21-11-. The second-order valence-corrected chi connectivity index (χ2v) is 6.95. The minimum Gasteiger partial charge on any atom is -0.489 e. The largest absolute Gasteiger partial charge is 0.489 e. The van der Waals surface area contributed by atoms with Gasteiger partial charge in [0.2, 0.25) is 5.78 Å². The van der Waals surface area contributed by atoms with Crippen molar-refractivity contribution in [2.45, 2.75) is 6.61 Å². The molecule has 1 aliphatic heterocycles. The Morgan fingerprint density at radius 2 is 1.81 bits per heavy atom. The van der Waals surface area contributed by atoms with E-state index in [1.807, 2.05) is 24.3 Å². The smallest absolute Gasteiger partial charge is 0.231 e. The number of allylic oxidation sites excluding steroid dienone is 1. The van der Waals surface area contributed by atoms with Crippen LogP contribution in [0.2, 0.25) is 0 Å². The van der Waals surface area contributed by atoms with Crippen LogP contribution in [0.3, 0.4) is 0 Å². The number of carbonyl (C=O) groups is 1. The molecule has 0 atom stereocenters. The maximum atomic E-state index is 13.7. The molecule has 3 aromatic carbocycles. The highest BCUT2D eigenvalue weighted by Crippen LogP contribution is 2.35. The summed E-state index contributed by atoms with van der Waals surface area (Å²) in [6.45, 7) is 0.0982. The van der Waals surface area contributed by atoms with Crippen molar-refractivity contribution < 1.29 is 18.7 Å². The molecule has 0 amide bonds. The predicted molar refractivity (Wildman–Crippen MR) is 104 cm³/mol. The first kappa shape index (κ1) is 17.5. The molecular formula is C22H14BrFO3. The highest BCUT2D eigenvalue weighted by atomic mass is 79.9. The molecule has 1 aliphatic rings. The van der Waals surface area contributed by atoms with Gasteiger partial charge in [-0.15, -0.1) is 0 Å². The fraction of sp³-hybridized carbons (Fsp3) is 0.0455. The Bertz CT molecular complexity index is 1040. The molecule has 0 aliphatic carbocycles. The number of hydrogen-bond donors (Lipinski definition) is 0. The summed E-state index contributed by atoms with van der Waals surface area (Å²) >= 11 is 3.38. The average molecular weight is 425 g/mol. The van der Waals surface area contributed by atoms with Crippen molar-refractivity contribution in [1.82, 2.24) is 0 Å². The van der Waals surface area contributed by atoms with Gasteiger partial charge in [-0.3, -0.25) is 4.79 Å². The SMILES string of the molecule is O=C1/C(=C/c2ccc(Br)cc2)Oc2cc(OCc3ccccc3F)ccc21. The zero-order valence-electron chi connectivity index (χ0n) is 14.1. The third-order valence-corrected chi connectivity index (χ3v) is 4.69. The summed E-state index contributed by atoms with van der Waals surface area (Å²) in [5, 5.41) is 0. The summed E-state index contributed by atoms with van der Waals surface area (Å²) in [7, 11) is 0. The Morgan fingerprint density at radius 1 is 1.04 bits per heavy atom. The van der Waals surface area contributed by atoms with E-state index in [4.69, 9.17) is 9.47 Å². The predicted octanol–water partition coefficient (Wildman–Crippen LogP) is 5.78. The molecule has 0 bridgehead atoms. The van der Waals surface area contributed by atoms with E-state index in [9.17, 15) is 9.18 Å². The minimum absolute atomic E-state index is 0.0982. The zero-order chi connectivity index (χ0) is 18.8. The lowest BCUT2D eigenvalue weighted by molar-refractivity contribution is 0.101. The summed E-state index contributed by atoms with van der Waals surface area (Å²) in [6, 6.07) is 19.0. The van der Waals surface area contributed by atoms with E-state index >= 15 is 0 Å². The van der Waals surface area contributed by atoms with Crippen molar-refractivity contribution >= 4 is 27.8 Å². The van der Waals surface area contributed by atoms with E-state index in [0.717, 1.165) is 10.0 Å². The number of hydrogen-bond acceptors (Lipinski definition) is 3. The number of benzene rings is 3. The van der Waals surface area contributed by atoms with Gasteiger partial charge in [-0.1, -0.05) is 46.3 Å². The van der Waals surface area contributed by atoms with Crippen molar-refractivity contribution in [2.24, 2.45) is 0 Å². The van der Waals surface area contributed by atoms with Crippen LogP contribution in [-0.4, -0.2) is 5.78 Å². The lowest BCUT2D eigenvalue weighted by atomic mass is 10.1. The number of carbonyl (C=O) groups excluding carboxylic acids is 1. The van der Waals surface area contributed by atoms with Crippen LogP contribution in [-0.2, 0) is 6.61 Å². The zero-order valence-corrected chi connectivity index (χ0v) is 15.7. The quantitative estimate of drug-likeness (QED) is 0.497. The molecule has 0 N–H and O–H groups in total. The Labute approximate surface area is 164 Å². The van der Waals surface area contributed by atoms with Crippen molar-refractivity contribution in [3.05, 3.63) is 99.5 Å². The van der Waals surface area contributed by atoms with Gasteiger partial charge in [0.25, 0.3) is 0 Å². The number of rotatable bonds is 4. The first-order valence-corrected chi connectivity index (χ1v) is 9.09. The van der Waals surface area contributed by atoms with Gasteiger partial charge in [-0.2, -0.15) is 0 Å². The maximum absolute atomic E-state index is 13.7. The highest BCUT2D eigenvalue weighted by Gasteiger charge is 2.27. The Balaban J connectivity index is 1.52. The van der Waals surface area contributed by atoms with Gasteiger partial charge < -0.3 is 9.47 Å². The lowest BCUT2D eigenvalue weighted by Gasteiger charge is -2.08. The van der Waals surface area contributed by atoms with E-state index in [1.54, 1.807) is 42.5 Å². The normalized spacial score (nSPS) is 14.1. The van der Waals surface area contributed by atoms with Crippen LogP contribution in [0.5, 0.6) is 11.5 Å². The molecule has 3 aromatic rings. The molecule has 5 heteroatoms. The van der Waals surface area contributed by atoms with Crippen LogP contribution in [0.25, 0.3) is 6.08 Å². The van der Waals surface area contributed by atoms with E-state index < -0.39 is 0 Å². The van der Waals surface area contributed by atoms with Crippen molar-refractivity contribution in [3.8, 4) is 11.5 Å². The Hall–Kier alpha value is -2.92. The minimum atomic E-state index is -0.315. The van der Waals surface area contributed by atoms with Crippen molar-refractivity contribution in [3.63, 3.8) is 0 Å². The summed E-state index contributed by atoms with van der Waals surface area (Å²) in [5.74, 6) is 0.723. The molecule has 0 saturated heterocycles. The van der Waals surface area contributed by atoms with Crippen LogP contribution >= 0.6 is 15.9 Å². The lowest BCUT2D eigenvalue weighted by Crippen LogP contribution is -1.98. The molecule has 4 rings (SSSR count). The number of halogens is 2. The van der Waals surface area contributed by atoms with E-state index in [1.165, 1.54) is 6.07 Å². The van der Waals surface area contributed by atoms with E-state index in [0.29, 0.717) is 22.6 Å². The van der Waals surface area contributed by atoms with Gasteiger partial charge >= 0.3 is 0 Å². The van der Waals surface area contributed by atoms with Crippen LogP contribution < -0.4 is 9.47 Å². The van der Waals surface area contributed by atoms with Gasteiger partial charge in [-0.05, 0) is 42.0 Å². The maximum Gasteiger partial charge on any atom is 0.231 e. The van der Waals surface area contributed by atoms with Gasteiger partial charge in [0.15, 0.2) is 5.76 Å². The molecular weight excluding hydrogens is 411 g/mol. The third-order valence-electron chi connectivity index (χ3n) is 4.16. The van der Waals surface area contributed by atoms with E-state index in [-0.39, 0.29) is 24.0 Å². The number of Topliss-reactive ketones (excluding diaryl/α,β-unsaturated/α-hetero) is 1. The van der Waals surface area contributed by atoms with Gasteiger partial charge in [-0.25, -0.2) is 4.39 Å². The molecule has 0 saturated carbocycles. The molecule has 0 unspecified atom stereocenters. The number of ketones is 1. The second kappa shape index (κ2) is 7.37. The second-order valence-electron chi connectivity index (χ2n) is 6.03. The molecule has 0 radical (unpaired) electrons. The average Bonchev–Trinajstić information content (AvgIpc) is 2.98. The Morgan fingerprint density at radius 3 is 2.59 bits per heavy atom. The van der Waals surface area contributed by atoms with Crippen LogP contribution in [0.1, 0.15) is 21.5 Å². The van der Waals surface area contributed by atoms with Crippen LogP contribution in [0, 0.1) is 5.82 Å². The van der Waals surface area contributed by atoms with Gasteiger partial charge in [0.1, 0.15) is 23.9 Å². The summed E-state index contributed by atoms with van der Waals surface area (Å²) in [6.07, 6.45) is 1.70. The first-order valence-electron chi connectivity index (χ1n) is 8.30. The van der Waals surface area contributed by atoms with Crippen molar-refractivity contribution in [2.75, 3.05) is 0 Å². The van der Waals surface area contributed by atoms with Gasteiger partial charge in [0, 0.05) is 16.1 Å². The topological polar surface area (TPSA) is 35.5 Å². The molecule has 1 heterocycles. The molecule has 27 heavy (non-hydrogen) atoms. The highest BCUT2D eigenvalue weighted by molar-refractivity contribution is 9.10. The molecule has 0 aromatic heterocycles. The third kappa shape index (κ3) is 3.78. The summed E-state index contributed by atoms with van der Waals surface area (Å²) in [5.41, 5.74) is 1.81. The number of fused-ring (bicyclic) bond motifs is 1. The van der Waals surface area contributed by atoms with Gasteiger partial charge in [0.05, 0.1) is 5.56 Å². The monoisotopic (exact) mass is 424 g/mol. The first-order chi connectivity index (χ1) is 13.1. The molecule has 0 fully saturated rings. The van der Waals surface area contributed by atoms with Crippen LogP contribution in [0.4, 0.5) is 4.39 Å². The van der Waals surface area contributed by atoms with E-state index in [2.05, 4.69) is 15.9 Å². The van der Waals surface area contributed by atoms with Crippen LogP contribution in [0.15, 0.2) is 77.0 Å². The van der Waals surface area contributed by atoms with Crippen molar-refractivity contribution in [1.29, 1.82) is 0 Å². The molecule has 134 valence electrons. The molecule has 3 nitrogen and oxygen atoms in total. The fourth-order valence-corrected chi connectivity index (χ4v) is 3.01. The molecule has 0 spiro atoms. The fourth-order valence-electron chi connectivity index (χ4n) is 2.74. The Kier molecular flexibility index (Phi) is 4.77. The summed E-state index contributed by atoms with van der Waals surface area (Å²) in [4.78, 5) is 12.5.